The Morgan fingerprint density at radius 3 is 2.85 bits per heavy atom. The number of carbonyl (C=O) groups is 1. The van der Waals surface area contributed by atoms with Crippen molar-refractivity contribution < 1.29 is 9.21 Å². The zero-order valence-electron chi connectivity index (χ0n) is 10.9. The van der Waals surface area contributed by atoms with Crippen LogP contribution >= 0.6 is 0 Å². The topological polar surface area (TPSA) is 73.8 Å². The van der Waals surface area contributed by atoms with Crippen LogP contribution < -0.4 is 0 Å². The van der Waals surface area contributed by atoms with Crippen LogP contribution in [-0.2, 0) is 6.54 Å². The average Bonchev–Trinajstić information content (AvgIpc) is 3.09. The smallest absolute Gasteiger partial charge is 0.240 e. The number of tetrazole rings is 1. The van der Waals surface area contributed by atoms with Gasteiger partial charge < -0.3 is 4.42 Å². The fraction of sp³-hybridized carbons (Fsp3) is 0.143. The molecule has 0 unspecified atom stereocenters. The van der Waals surface area contributed by atoms with Gasteiger partial charge in [0, 0.05) is 5.56 Å². The molecule has 20 heavy (non-hydrogen) atoms. The van der Waals surface area contributed by atoms with E-state index in [1.165, 1.54) is 11.1 Å². The number of hydrogen-bond acceptors (Lipinski definition) is 5. The quantitative estimate of drug-likeness (QED) is 0.677. The van der Waals surface area contributed by atoms with Crippen molar-refractivity contribution in [3.8, 4) is 11.6 Å². The largest absolute Gasteiger partial charge is 0.461 e. The van der Waals surface area contributed by atoms with E-state index in [-0.39, 0.29) is 12.3 Å². The number of ketones is 1. The lowest BCUT2D eigenvalue weighted by Crippen LogP contribution is -2.14. The summed E-state index contributed by atoms with van der Waals surface area (Å²) in [7, 11) is 0. The molecule has 0 N–H and O–H groups in total. The molecule has 3 rings (SSSR count). The number of benzene rings is 1. The molecule has 0 atom stereocenters. The molecule has 1 aromatic carbocycles. The molecular formula is C14H12N4O2. The summed E-state index contributed by atoms with van der Waals surface area (Å²) in [6, 6.07) is 10.9. The van der Waals surface area contributed by atoms with Gasteiger partial charge in [0.15, 0.2) is 11.5 Å². The molecule has 6 heteroatoms. The van der Waals surface area contributed by atoms with Crippen LogP contribution in [0.25, 0.3) is 11.6 Å². The van der Waals surface area contributed by atoms with Crippen molar-refractivity contribution in [1.29, 1.82) is 0 Å². The summed E-state index contributed by atoms with van der Waals surface area (Å²) < 4.78 is 5.18. The molecule has 0 saturated carbocycles. The lowest BCUT2D eigenvalue weighted by Gasteiger charge is -2.03. The van der Waals surface area contributed by atoms with Crippen LogP contribution in [0.1, 0.15) is 15.9 Å². The van der Waals surface area contributed by atoms with Crippen molar-refractivity contribution in [2.45, 2.75) is 13.5 Å². The highest BCUT2D eigenvalue weighted by Crippen LogP contribution is 2.13. The van der Waals surface area contributed by atoms with Crippen molar-refractivity contribution in [3.63, 3.8) is 0 Å². The molecule has 0 fully saturated rings. The Labute approximate surface area is 115 Å². The van der Waals surface area contributed by atoms with E-state index < -0.39 is 0 Å². The first kappa shape index (κ1) is 12.3. The third-order valence-electron chi connectivity index (χ3n) is 2.92. The minimum absolute atomic E-state index is 0.0495. The molecule has 2 heterocycles. The van der Waals surface area contributed by atoms with Gasteiger partial charge in [-0.15, -0.1) is 10.2 Å². The van der Waals surface area contributed by atoms with Crippen molar-refractivity contribution in [1.82, 2.24) is 20.2 Å². The lowest BCUT2D eigenvalue weighted by molar-refractivity contribution is 0.0961. The normalized spacial score (nSPS) is 10.7. The van der Waals surface area contributed by atoms with Crippen LogP contribution in [0.5, 0.6) is 0 Å². The Morgan fingerprint density at radius 1 is 1.25 bits per heavy atom. The second-order valence-corrected chi connectivity index (χ2v) is 4.36. The van der Waals surface area contributed by atoms with Crippen LogP contribution in [0, 0.1) is 6.92 Å². The third kappa shape index (κ3) is 2.35. The van der Waals surface area contributed by atoms with E-state index in [0.29, 0.717) is 17.1 Å². The van der Waals surface area contributed by atoms with Gasteiger partial charge in [-0.2, -0.15) is 4.80 Å². The lowest BCUT2D eigenvalue weighted by atomic mass is 10.1. The molecule has 0 aliphatic heterocycles. The van der Waals surface area contributed by atoms with Crippen LogP contribution in [0.2, 0.25) is 0 Å². The highest BCUT2D eigenvalue weighted by atomic mass is 16.3. The first-order valence-corrected chi connectivity index (χ1v) is 6.14. The SMILES string of the molecule is Cc1ccccc1C(=O)Cn1nnc(-c2ccco2)n1. The molecule has 0 saturated heterocycles. The second kappa shape index (κ2) is 5.08. The number of rotatable bonds is 4. The maximum Gasteiger partial charge on any atom is 0.240 e. The minimum Gasteiger partial charge on any atom is -0.461 e. The van der Waals surface area contributed by atoms with Gasteiger partial charge in [0.25, 0.3) is 0 Å². The second-order valence-electron chi connectivity index (χ2n) is 4.36. The fourth-order valence-corrected chi connectivity index (χ4v) is 1.91. The van der Waals surface area contributed by atoms with Crippen molar-refractivity contribution in [3.05, 3.63) is 53.8 Å². The molecule has 0 spiro atoms. The van der Waals surface area contributed by atoms with Gasteiger partial charge in [-0.1, -0.05) is 24.3 Å². The molecule has 0 aliphatic rings. The molecule has 100 valence electrons. The molecule has 0 aliphatic carbocycles. The van der Waals surface area contributed by atoms with Gasteiger partial charge >= 0.3 is 0 Å². The fourth-order valence-electron chi connectivity index (χ4n) is 1.91. The molecule has 0 radical (unpaired) electrons. The van der Waals surface area contributed by atoms with E-state index in [0.717, 1.165) is 5.56 Å². The summed E-state index contributed by atoms with van der Waals surface area (Å²) in [6.07, 6.45) is 1.54. The van der Waals surface area contributed by atoms with E-state index in [2.05, 4.69) is 15.4 Å². The molecule has 6 nitrogen and oxygen atoms in total. The summed E-state index contributed by atoms with van der Waals surface area (Å²) >= 11 is 0. The summed E-state index contributed by atoms with van der Waals surface area (Å²) in [5, 5.41) is 11.9. The maximum atomic E-state index is 12.2. The average molecular weight is 268 g/mol. The summed E-state index contributed by atoms with van der Waals surface area (Å²) in [4.78, 5) is 13.4. The number of aromatic nitrogens is 4. The summed E-state index contributed by atoms with van der Waals surface area (Å²) in [6.45, 7) is 1.95. The standard InChI is InChI=1S/C14H12N4O2/c1-10-5-2-3-6-11(10)12(19)9-18-16-14(15-17-18)13-7-4-8-20-13/h2-8H,9H2,1H3. The summed E-state index contributed by atoms with van der Waals surface area (Å²) in [5.74, 6) is 0.846. The number of furan rings is 1. The molecule has 2 aromatic heterocycles. The zero-order valence-corrected chi connectivity index (χ0v) is 10.9. The molecule has 3 aromatic rings. The predicted octanol–water partition coefficient (Wildman–Crippen LogP) is 2.12. The van der Waals surface area contributed by atoms with E-state index in [1.54, 1.807) is 18.2 Å². The minimum atomic E-state index is -0.0495. The Kier molecular flexibility index (Phi) is 3.12. The number of carbonyl (C=O) groups excluding carboxylic acids is 1. The Bertz CT molecular complexity index is 731. The first-order chi connectivity index (χ1) is 9.74. The van der Waals surface area contributed by atoms with Crippen LogP contribution in [0.4, 0.5) is 0 Å². The van der Waals surface area contributed by atoms with Crippen LogP contribution in [0.15, 0.2) is 47.1 Å². The highest BCUT2D eigenvalue weighted by Gasteiger charge is 2.13. The number of hydrogen-bond donors (Lipinski definition) is 0. The van der Waals surface area contributed by atoms with Gasteiger partial charge in [0.05, 0.1) is 6.26 Å². The van der Waals surface area contributed by atoms with E-state index in [1.807, 2.05) is 25.1 Å². The molecule has 0 amide bonds. The Morgan fingerprint density at radius 2 is 2.10 bits per heavy atom. The van der Waals surface area contributed by atoms with Gasteiger partial charge in [-0.25, -0.2) is 0 Å². The highest BCUT2D eigenvalue weighted by molar-refractivity contribution is 5.97. The van der Waals surface area contributed by atoms with Crippen molar-refractivity contribution >= 4 is 5.78 Å². The monoisotopic (exact) mass is 268 g/mol. The van der Waals surface area contributed by atoms with Crippen molar-refractivity contribution in [2.75, 3.05) is 0 Å². The van der Waals surface area contributed by atoms with Gasteiger partial charge in [-0.3, -0.25) is 4.79 Å². The van der Waals surface area contributed by atoms with E-state index in [4.69, 9.17) is 4.42 Å². The maximum absolute atomic E-state index is 12.2. The van der Waals surface area contributed by atoms with Gasteiger partial charge in [0.2, 0.25) is 5.82 Å². The third-order valence-corrected chi connectivity index (χ3v) is 2.92. The first-order valence-electron chi connectivity index (χ1n) is 6.14. The number of aryl methyl sites for hydroxylation is 1. The van der Waals surface area contributed by atoms with E-state index in [9.17, 15) is 4.79 Å². The van der Waals surface area contributed by atoms with Gasteiger partial charge in [-0.05, 0) is 29.8 Å². The van der Waals surface area contributed by atoms with Crippen LogP contribution in [-0.4, -0.2) is 26.0 Å². The molecule has 0 bridgehead atoms. The van der Waals surface area contributed by atoms with E-state index >= 15 is 0 Å². The predicted molar refractivity (Wildman–Crippen MR) is 71.0 cm³/mol. The summed E-state index contributed by atoms with van der Waals surface area (Å²) in [5.41, 5.74) is 1.60. The Balaban J connectivity index is 1.79. The van der Waals surface area contributed by atoms with Crippen molar-refractivity contribution in [2.24, 2.45) is 0 Å². The van der Waals surface area contributed by atoms with Gasteiger partial charge in [0.1, 0.15) is 6.54 Å². The Hall–Kier alpha value is -2.76. The van der Waals surface area contributed by atoms with Crippen LogP contribution in [0.3, 0.4) is 0 Å². The number of Topliss-reactive ketones (excluding diaryl/α,β-unsaturated/α-hetero) is 1. The molecular weight excluding hydrogens is 256 g/mol. The zero-order chi connectivity index (χ0) is 13.9. The number of nitrogens with zero attached hydrogens (tertiary/aromatic N) is 4.